The van der Waals surface area contributed by atoms with Crippen LogP contribution in [0, 0.1) is 10.1 Å². The van der Waals surface area contributed by atoms with Gasteiger partial charge in [-0.3, -0.25) is 20.0 Å². The van der Waals surface area contributed by atoms with Crippen LogP contribution < -0.4 is 5.43 Å². The zero-order valence-electron chi connectivity index (χ0n) is 15.4. The average Bonchev–Trinajstić information content (AvgIpc) is 3.26. The summed E-state index contributed by atoms with van der Waals surface area (Å²) in [6, 6.07) is 18.3. The predicted octanol–water partition coefficient (Wildman–Crippen LogP) is 3.61. The first-order valence-electron chi connectivity index (χ1n) is 8.87. The van der Waals surface area contributed by atoms with Crippen LogP contribution in [0.5, 0.6) is 5.75 Å². The molecule has 1 heterocycles. The summed E-state index contributed by atoms with van der Waals surface area (Å²) in [5.41, 5.74) is 3.77. The summed E-state index contributed by atoms with van der Waals surface area (Å²) < 4.78 is 0. The number of aromatic amines is 1. The number of aromatic hydroxyl groups is 1. The molecule has 0 saturated heterocycles. The lowest BCUT2D eigenvalue weighted by Crippen LogP contribution is -2.18. The van der Waals surface area contributed by atoms with Gasteiger partial charge in [-0.25, -0.2) is 5.43 Å². The van der Waals surface area contributed by atoms with E-state index in [1.165, 1.54) is 24.4 Å². The van der Waals surface area contributed by atoms with Crippen molar-refractivity contribution in [2.75, 3.05) is 0 Å². The molecule has 148 valence electrons. The van der Waals surface area contributed by atoms with E-state index in [9.17, 15) is 20.0 Å². The number of benzene rings is 3. The Hall–Kier alpha value is -4.53. The molecular formula is C21H15N5O4. The number of hydrazone groups is 1. The highest BCUT2D eigenvalue weighted by Gasteiger charge is 2.13. The van der Waals surface area contributed by atoms with E-state index in [4.69, 9.17) is 0 Å². The van der Waals surface area contributed by atoms with Crippen LogP contribution >= 0.6 is 0 Å². The molecule has 0 spiro atoms. The van der Waals surface area contributed by atoms with Gasteiger partial charge < -0.3 is 5.11 Å². The van der Waals surface area contributed by atoms with Crippen LogP contribution in [-0.2, 0) is 0 Å². The summed E-state index contributed by atoms with van der Waals surface area (Å²) in [6.07, 6.45) is 1.34. The molecule has 0 unspecified atom stereocenters. The number of rotatable bonds is 5. The molecular weight excluding hydrogens is 386 g/mol. The van der Waals surface area contributed by atoms with Gasteiger partial charge in [-0.15, -0.1) is 0 Å². The molecule has 0 atom stereocenters. The second kappa shape index (κ2) is 7.84. The third-order valence-corrected chi connectivity index (χ3v) is 4.48. The van der Waals surface area contributed by atoms with E-state index in [1.807, 2.05) is 24.3 Å². The van der Waals surface area contributed by atoms with E-state index in [-0.39, 0.29) is 17.1 Å². The minimum absolute atomic E-state index is 0.0682. The summed E-state index contributed by atoms with van der Waals surface area (Å²) in [5, 5.41) is 33.3. The number of phenols is 1. The maximum atomic E-state index is 12.3. The van der Waals surface area contributed by atoms with E-state index in [2.05, 4.69) is 20.7 Å². The first-order chi connectivity index (χ1) is 14.5. The number of H-pyrrole nitrogens is 1. The van der Waals surface area contributed by atoms with Gasteiger partial charge in [0.15, 0.2) is 0 Å². The minimum atomic E-state index is -0.546. The molecule has 30 heavy (non-hydrogen) atoms. The Morgan fingerprint density at radius 2 is 1.97 bits per heavy atom. The molecule has 0 saturated carbocycles. The van der Waals surface area contributed by atoms with Crippen LogP contribution in [0.25, 0.3) is 22.0 Å². The van der Waals surface area contributed by atoms with E-state index in [0.29, 0.717) is 22.2 Å². The molecule has 0 fully saturated rings. The molecule has 9 nitrogen and oxygen atoms in total. The van der Waals surface area contributed by atoms with Crippen molar-refractivity contribution in [2.45, 2.75) is 0 Å². The van der Waals surface area contributed by atoms with Crippen molar-refractivity contribution in [3.8, 4) is 17.0 Å². The molecule has 0 bridgehead atoms. The Labute approximate surface area is 169 Å². The molecule has 0 aliphatic heterocycles. The molecule has 0 aliphatic rings. The van der Waals surface area contributed by atoms with E-state index < -0.39 is 10.8 Å². The van der Waals surface area contributed by atoms with Crippen molar-refractivity contribution in [3.63, 3.8) is 0 Å². The van der Waals surface area contributed by atoms with Crippen molar-refractivity contribution >= 4 is 28.6 Å². The summed E-state index contributed by atoms with van der Waals surface area (Å²) in [7, 11) is 0. The lowest BCUT2D eigenvalue weighted by Gasteiger charge is -2.04. The lowest BCUT2D eigenvalue weighted by atomic mass is 10.1. The summed E-state index contributed by atoms with van der Waals surface area (Å²) >= 11 is 0. The fraction of sp³-hybridized carbons (Fsp3) is 0. The number of nitro benzene ring substituents is 1. The molecule has 3 aromatic carbocycles. The fourth-order valence-corrected chi connectivity index (χ4v) is 2.96. The van der Waals surface area contributed by atoms with E-state index in [0.717, 1.165) is 5.39 Å². The topological polar surface area (TPSA) is 134 Å². The highest BCUT2D eigenvalue weighted by Crippen LogP contribution is 2.27. The normalized spacial score (nSPS) is 11.1. The molecule has 1 aromatic heterocycles. The zero-order valence-corrected chi connectivity index (χ0v) is 15.4. The van der Waals surface area contributed by atoms with Gasteiger partial charge in [-0.1, -0.05) is 42.5 Å². The number of nitro groups is 1. The fourth-order valence-electron chi connectivity index (χ4n) is 2.96. The Bertz CT molecular complexity index is 1300. The smallest absolute Gasteiger partial charge is 0.289 e. The standard InChI is InChI=1S/C21H15N5O4/c27-20-15(9-8-13-4-1-2-7-17(13)20)12-22-25-21(28)19-11-18(23-24-19)14-5-3-6-16(10-14)26(29)30/h1-12,27H,(H,23,24)(H,25,28). The van der Waals surface area contributed by atoms with Crippen LogP contribution in [0.15, 0.2) is 71.8 Å². The van der Waals surface area contributed by atoms with E-state index >= 15 is 0 Å². The number of carbonyl (C=O) groups excluding carboxylic acids is 1. The first-order valence-corrected chi connectivity index (χ1v) is 8.87. The summed E-state index contributed by atoms with van der Waals surface area (Å²) in [6.45, 7) is 0. The third-order valence-electron chi connectivity index (χ3n) is 4.48. The number of aromatic nitrogens is 2. The zero-order chi connectivity index (χ0) is 21.1. The second-order valence-electron chi connectivity index (χ2n) is 6.40. The van der Waals surface area contributed by atoms with Crippen molar-refractivity contribution in [1.82, 2.24) is 15.6 Å². The number of nitrogens with one attached hydrogen (secondary N) is 2. The van der Waals surface area contributed by atoms with Crippen LogP contribution in [0.4, 0.5) is 5.69 Å². The SMILES string of the molecule is O=C(NN=Cc1ccc2ccccc2c1O)c1cc(-c2cccc([N+](=O)[O-])c2)n[nH]1. The van der Waals surface area contributed by atoms with Crippen molar-refractivity contribution in [2.24, 2.45) is 5.10 Å². The lowest BCUT2D eigenvalue weighted by molar-refractivity contribution is -0.384. The summed E-state index contributed by atoms with van der Waals surface area (Å²) in [5.74, 6) is -0.476. The van der Waals surface area contributed by atoms with Gasteiger partial charge in [0.2, 0.25) is 0 Å². The highest BCUT2D eigenvalue weighted by atomic mass is 16.6. The van der Waals surface area contributed by atoms with Crippen molar-refractivity contribution in [3.05, 3.63) is 88.1 Å². The van der Waals surface area contributed by atoms with E-state index in [1.54, 1.807) is 24.3 Å². The maximum absolute atomic E-state index is 12.3. The third kappa shape index (κ3) is 3.72. The van der Waals surface area contributed by atoms with Crippen LogP contribution in [0.1, 0.15) is 16.1 Å². The van der Waals surface area contributed by atoms with Gasteiger partial charge in [0.05, 0.1) is 16.8 Å². The number of hydrogen-bond acceptors (Lipinski definition) is 6. The Morgan fingerprint density at radius 3 is 2.80 bits per heavy atom. The Kier molecular flexibility index (Phi) is 4.92. The molecule has 3 N–H and O–H groups in total. The Morgan fingerprint density at radius 1 is 1.13 bits per heavy atom. The van der Waals surface area contributed by atoms with Crippen LogP contribution in [-0.4, -0.2) is 32.3 Å². The first kappa shape index (κ1) is 18.8. The van der Waals surface area contributed by atoms with Gasteiger partial charge in [0.1, 0.15) is 11.4 Å². The number of nitrogens with zero attached hydrogens (tertiary/aromatic N) is 3. The maximum Gasteiger partial charge on any atom is 0.289 e. The molecule has 1 amide bonds. The molecule has 4 aromatic rings. The van der Waals surface area contributed by atoms with Crippen LogP contribution in [0.2, 0.25) is 0 Å². The molecule has 0 radical (unpaired) electrons. The molecule has 4 rings (SSSR count). The number of non-ortho nitro benzene ring substituents is 1. The van der Waals surface area contributed by atoms with Gasteiger partial charge in [-0.2, -0.15) is 10.2 Å². The molecule has 9 heteroatoms. The number of hydrogen-bond donors (Lipinski definition) is 3. The number of amides is 1. The minimum Gasteiger partial charge on any atom is -0.507 e. The van der Waals surface area contributed by atoms with Gasteiger partial charge >= 0.3 is 0 Å². The predicted molar refractivity (Wildman–Crippen MR) is 111 cm³/mol. The van der Waals surface area contributed by atoms with Gasteiger partial charge in [0, 0.05) is 28.6 Å². The van der Waals surface area contributed by atoms with Crippen LogP contribution in [0.3, 0.4) is 0 Å². The average molecular weight is 401 g/mol. The monoisotopic (exact) mass is 401 g/mol. The molecule has 0 aliphatic carbocycles. The number of phenolic OH excluding ortho intramolecular Hbond substituents is 1. The van der Waals surface area contributed by atoms with Crippen molar-refractivity contribution in [1.29, 1.82) is 0 Å². The quantitative estimate of drug-likeness (QED) is 0.267. The number of carbonyl (C=O) groups is 1. The Balaban J connectivity index is 1.48. The van der Waals surface area contributed by atoms with Gasteiger partial charge in [0.25, 0.3) is 11.6 Å². The van der Waals surface area contributed by atoms with Gasteiger partial charge in [-0.05, 0) is 17.5 Å². The second-order valence-corrected chi connectivity index (χ2v) is 6.40. The van der Waals surface area contributed by atoms with Crippen molar-refractivity contribution < 1.29 is 14.8 Å². The summed E-state index contributed by atoms with van der Waals surface area (Å²) in [4.78, 5) is 22.7. The largest absolute Gasteiger partial charge is 0.507 e. The number of fused-ring (bicyclic) bond motifs is 1. The highest BCUT2D eigenvalue weighted by molar-refractivity contribution is 5.98.